The molecule has 2 aromatic heterocycles. The number of nitriles is 1. The van der Waals surface area contributed by atoms with Gasteiger partial charge in [0, 0.05) is 38.4 Å². The summed E-state index contributed by atoms with van der Waals surface area (Å²) in [4.78, 5) is 3.66. The molecule has 0 atom stereocenters. The Morgan fingerprint density at radius 1 is 0.470 bits per heavy atom. The number of hydrogen-bond donors (Lipinski definition) is 0. The molecule has 314 valence electrons. The van der Waals surface area contributed by atoms with Gasteiger partial charge >= 0.3 is 6.18 Å². The van der Waals surface area contributed by atoms with Crippen molar-refractivity contribution in [1.82, 2.24) is 9.13 Å². The Morgan fingerprint density at radius 2 is 1.00 bits per heavy atom. The van der Waals surface area contributed by atoms with Gasteiger partial charge in [0.05, 0.1) is 46.0 Å². The van der Waals surface area contributed by atoms with Crippen molar-refractivity contribution in [2.24, 2.45) is 0 Å². The summed E-state index contributed by atoms with van der Waals surface area (Å²) < 4.78 is 46.8. The summed E-state index contributed by atoms with van der Waals surface area (Å²) in [7, 11) is 0. The fraction of sp³-hybridized carbons (Fsp3) is 0.0508. The molecular weight excluding hydrogens is 822 g/mol. The summed E-state index contributed by atoms with van der Waals surface area (Å²) in [6.07, 6.45) is -4.63. The lowest BCUT2D eigenvalue weighted by Crippen LogP contribution is -2.04. The smallest absolute Gasteiger partial charge is 0.309 e. The van der Waals surface area contributed by atoms with E-state index in [4.69, 9.17) is 6.57 Å². The van der Waals surface area contributed by atoms with Crippen LogP contribution in [-0.2, 0) is 6.18 Å². The van der Waals surface area contributed by atoms with Gasteiger partial charge in [-0.25, -0.2) is 4.85 Å². The van der Waals surface area contributed by atoms with E-state index in [-0.39, 0.29) is 5.69 Å². The van der Waals surface area contributed by atoms with Gasteiger partial charge in [0.15, 0.2) is 5.69 Å². The highest BCUT2D eigenvalue weighted by molar-refractivity contribution is 6.12. The molecule has 9 aromatic carbocycles. The Bertz CT molecular complexity index is 3840. The zero-order valence-electron chi connectivity index (χ0n) is 35.8. The molecule has 0 amide bonds. The zero-order chi connectivity index (χ0) is 45.3. The standard InChI is InChI=1S/C59H37F3N4/c1-36-12-17-39(18-13-36)41-21-28-56-51(31-41)47-8-4-6-10-54(47)65(56)44-24-26-45(46-25-23-43(59(60,61)62)33-53(46)64-3)49(34-44)50-30-38(35-63)16-27-57(50)66-55-11-7-5-9-48(55)52-32-42(22-29-58(52)66)40-19-14-37(2)15-20-40/h4-34H,1-2H3. The number of benzene rings is 9. The van der Waals surface area contributed by atoms with E-state index < -0.39 is 11.7 Å². The monoisotopic (exact) mass is 858 g/mol. The summed E-state index contributed by atoms with van der Waals surface area (Å²) in [5.74, 6) is 0. The van der Waals surface area contributed by atoms with Crippen LogP contribution in [0.1, 0.15) is 22.3 Å². The molecule has 66 heavy (non-hydrogen) atoms. The number of fused-ring (bicyclic) bond motifs is 6. The lowest BCUT2D eigenvalue weighted by molar-refractivity contribution is -0.137. The predicted octanol–water partition coefficient (Wildman–Crippen LogP) is 16.6. The van der Waals surface area contributed by atoms with Crippen LogP contribution in [0.15, 0.2) is 188 Å². The molecule has 0 saturated carbocycles. The fourth-order valence-corrected chi connectivity index (χ4v) is 9.51. The predicted molar refractivity (Wildman–Crippen MR) is 262 cm³/mol. The summed E-state index contributed by atoms with van der Waals surface area (Å²) in [6.45, 7) is 12.3. The molecule has 0 fully saturated rings. The maximum absolute atomic E-state index is 14.1. The molecule has 4 nitrogen and oxygen atoms in total. The largest absolute Gasteiger partial charge is 0.415 e. The molecule has 0 saturated heterocycles. The Morgan fingerprint density at radius 3 is 1.58 bits per heavy atom. The minimum absolute atomic E-state index is 0.127. The van der Waals surface area contributed by atoms with Crippen LogP contribution in [0.5, 0.6) is 0 Å². The van der Waals surface area contributed by atoms with E-state index in [1.807, 2.05) is 54.6 Å². The second kappa shape index (κ2) is 15.6. The van der Waals surface area contributed by atoms with Crippen molar-refractivity contribution >= 4 is 49.3 Å². The highest BCUT2D eigenvalue weighted by Gasteiger charge is 2.31. The normalized spacial score (nSPS) is 11.7. The van der Waals surface area contributed by atoms with E-state index in [1.165, 1.54) is 17.2 Å². The van der Waals surface area contributed by atoms with Gasteiger partial charge in [0.25, 0.3) is 0 Å². The molecular formula is C59H37F3N4. The van der Waals surface area contributed by atoms with Crippen molar-refractivity contribution in [2.75, 3.05) is 0 Å². The number of hydrogen-bond acceptors (Lipinski definition) is 1. The van der Waals surface area contributed by atoms with E-state index in [0.717, 1.165) is 89.4 Å². The van der Waals surface area contributed by atoms with Gasteiger partial charge in [-0.15, -0.1) is 0 Å². The summed E-state index contributed by atoms with van der Waals surface area (Å²) in [5, 5.41) is 14.7. The van der Waals surface area contributed by atoms with Gasteiger partial charge in [-0.05, 0) is 126 Å². The molecule has 0 spiro atoms. The molecule has 0 aliphatic heterocycles. The molecule has 0 bridgehead atoms. The summed E-state index contributed by atoms with van der Waals surface area (Å²) in [5.41, 5.74) is 13.8. The lowest BCUT2D eigenvalue weighted by atomic mass is 9.90. The van der Waals surface area contributed by atoms with E-state index in [9.17, 15) is 18.4 Å². The van der Waals surface area contributed by atoms with E-state index >= 15 is 0 Å². The quantitative estimate of drug-likeness (QED) is 0.154. The zero-order valence-corrected chi connectivity index (χ0v) is 35.8. The molecule has 2 heterocycles. The van der Waals surface area contributed by atoms with Crippen LogP contribution >= 0.6 is 0 Å². The number of rotatable bonds is 6. The first-order chi connectivity index (χ1) is 32.1. The number of aromatic nitrogens is 2. The van der Waals surface area contributed by atoms with Crippen molar-refractivity contribution in [3.63, 3.8) is 0 Å². The molecule has 0 aliphatic rings. The minimum Gasteiger partial charge on any atom is -0.309 e. The van der Waals surface area contributed by atoms with Gasteiger partial charge < -0.3 is 9.13 Å². The molecule has 0 N–H and O–H groups in total. The van der Waals surface area contributed by atoms with E-state index in [0.29, 0.717) is 27.8 Å². The first-order valence-corrected chi connectivity index (χ1v) is 21.6. The van der Waals surface area contributed by atoms with Crippen LogP contribution < -0.4 is 0 Å². The minimum atomic E-state index is -4.63. The van der Waals surface area contributed by atoms with Gasteiger partial charge in [-0.1, -0.05) is 126 Å². The second-order valence-electron chi connectivity index (χ2n) is 16.8. The van der Waals surface area contributed by atoms with Crippen LogP contribution in [0, 0.1) is 31.8 Å². The first kappa shape index (κ1) is 40.1. The average molecular weight is 859 g/mol. The summed E-state index contributed by atoms with van der Waals surface area (Å²) >= 11 is 0. The van der Waals surface area contributed by atoms with Crippen LogP contribution in [0.3, 0.4) is 0 Å². The third-order valence-electron chi connectivity index (χ3n) is 12.8. The SMILES string of the molecule is [C-]#[N+]c1cc(C(F)(F)F)ccc1-c1ccc(-n2c3ccccc3c3cc(-c4ccc(C)cc4)ccc32)cc1-c1cc(C#N)ccc1-n1c2ccccc2c2cc(-c3ccc(C)cc3)ccc21. The Kier molecular flexibility index (Phi) is 9.46. The Labute approximate surface area is 379 Å². The summed E-state index contributed by atoms with van der Waals surface area (Å²) in [6, 6.07) is 63.5. The van der Waals surface area contributed by atoms with Crippen molar-refractivity contribution in [1.29, 1.82) is 5.26 Å². The highest BCUT2D eigenvalue weighted by atomic mass is 19.4. The van der Waals surface area contributed by atoms with Crippen molar-refractivity contribution in [3.8, 4) is 62.0 Å². The number of alkyl halides is 3. The Hall–Kier alpha value is -8.65. The maximum Gasteiger partial charge on any atom is 0.415 e. The van der Waals surface area contributed by atoms with Gasteiger partial charge in [0.1, 0.15) is 0 Å². The second-order valence-corrected chi connectivity index (χ2v) is 16.8. The van der Waals surface area contributed by atoms with Crippen LogP contribution in [0.25, 0.3) is 104 Å². The molecule has 0 aliphatic carbocycles. The molecule has 0 radical (unpaired) electrons. The third kappa shape index (κ3) is 6.69. The average Bonchev–Trinajstić information content (AvgIpc) is 3.85. The van der Waals surface area contributed by atoms with Crippen LogP contribution in [-0.4, -0.2) is 9.13 Å². The van der Waals surface area contributed by atoms with E-state index in [1.54, 1.807) is 6.07 Å². The van der Waals surface area contributed by atoms with Crippen molar-refractivity contribution in [3.05, 3.63) is 222 Å². The lowest BCUT2D eigenvalue weighted by Gasteiger charge is -2.20. The van der Waals surface area contributed by atoms with Crippen molar-refractivity contribution < 1.29 is 13.2 Å². The van der Waals surface area contributed by atoms with Gasteiger partial charge in [0.2, 0.25) is 0 Å². The first-order valence-electron chi connectivity index (χ1n) is 21.6. The fourth-order valence-electron chi connectivity index (χ4n) is 9.51. The topological polar surface area (TPSA) is 38.0 Å². The van der Waals surface area contributed by atoms with E-state index in [2.05, 4.69) is 143 Å². The maximum atomic E-state index is 14.1. The molecule has 11 aromatic rings. The molecule has 11 rings (SSSR count). The van der Waals surface area contributed by atoms with Crippen LogP contribution in [0.2, 0.25) is 0 Å². The van der Waals surface area contributed by atoms with Gasteiger partial charge in [-0.3, -0.25) is 0 Å². The Balaban J connectivity index is 1.20. The highest BCUT2D eigenvalue weighted by Crippen LogP contribution is 2.46. The number of nitrogens with zero attached hydrogens (tertiary/aromatic N) is 4. The number of aryl methyl sites for hydroxylation is 2. The van der Waals surface area contributed by atoms with Gasteiger partial charge in [-0.2, -0.15) is 18.4 Å². The third-order valence-corrected chi connectivity index (χ3v) is 12.8. The van der Waals surface area contributed by atoms with Crippen LogP contribution in [0.4, 0.5) is 18.9 Å². The molecule has 0 unspecified atom stereocenters. The molecule has 7 heteroatoms. The number of para-hydroxylation sites is 2. The van der Waals surface area contributed by atoms with Crippen molar-refractivity contribution in [2.45, 2.75) is 20.0 Å². The number of halogens is 3.